The maximum atomic E-state index is 14.2. The number of carbonyl (C=O) groups is 1. The number of nitrogens with zero attached hydrogens (tertiary/aromatic N) is 2. The molecule has 1 N–H and O–H groups in total. The van der Waals surface area contributed by atoms with Gasteiger partial charge in [-0.1, -0.05) is 29.8 Å². The van der Waals surface area contributed by atoms with Crippen LogP contribution in [0.1, 0.15) is 17.8 Å². The van der Waals surface area contributed by atoms with Crippen molar-refractivity contribution in [1.29, 1.82) is 0 Å². The van der Waals surface area contributed by atoms with Crippen molar-refractivity contribution in [3.8, 4) is 0 Å². The van der Waals surface area contributed by atoms with Crippen molar-refractivity contribution >= 4 is 29.0 Å². The van der Waals surface area contributed by atoms with E-state index in [-0.39, 0.29) is 5.82 Å². The van der Waals surface area contributed by atoms with Crippen LogP contribution in [0.2, 0.25) is 5.02 Å². The Morgan fingerprint density at radius 2 is 2.04 bits per heavy atom. The lowest BCUT2D eigenvalue weighted by molar-refractivity contribution is -0.109. The van der Waals surface area contributed by atoms with Crippen molar-refractivity contribution in [2.45, 2.75) is 19.4 Å². The van der Waals surface area contributed by atoms with Crippen molar-refractivity contribution in [3.05, 3.63) is 64.7 Å². The molecule has 1 heterocycles. The first-order chi connectivity index (χ1) is 11.7. The van der Waals surface area contributed by atoms with Gasteiger partial charge in [0.2, 0.25) is 6.41 Å². The zero-order valence-corrected chi connectivity index (χ0v) is 13.8. The molecule has 1 amide bonds. The van der Waals surface area contributed by atoms with Crippen molar-refractivity contribution in [3.63, 3.8) is 0 Å². The Balaban J connectivity index is 1.96. The summed E-state index contributed by atoms with van der Waals surface area (Å²) < 4.78 is 16.1. The number of rotatable bonds is 7. The highest BCUT2D eigenvalue weighted by Gasteiger charge is 2.14. The summed E-state index contributed by atoms with van der Waals surface area (Å²) in [5, 5.41) is 3.04. The van der Waals surface area contributed by atoms with Crippen LogP contribution in [0.25, 0.3) is 11.0 Å². The molecule has 0 radical (unpaired) electrons. The Hall–Kier alpha value is -2.40. The molecule has 4 nitrogen and oxygen atoms in total. The number of para-hydroxylation sites is 2. The summed E-state index contributed by atoms with van der Waals surface area (Å²) in [6.07, 6.45) is 2.12. The van der Waals surface area contributed by atoms with Crippen LogP contribution in [0.15, 0.2) is 42.5 Å². The van der Waals surface area contributed by atoms with E-state index in [4.69, 9.17) is 11.6 Å². The molecule has 6 heteroatoms. The van der Waals surface area contributed by atoms with Crippen LogP contribution >= 0.6 is 11.6 Å². The van der Waals surface area contributed by atoms with Gasteiger partial charge in [-0.3, -0.25) is 4.79 Å². The second kappa shape index (κ2) is 7.45. The van der Waals surface area contributed by atoms with Crippen molar-refractivity contribution in [2.24, 2.45) is 0 Å². The average Bonchev–Trinajstić information content (AvgIpc) is 2.93. The standard InChI is InChI=1S/C18H17ClFN3O/c19-14-5-3-6-15(20)13(14)11-23-17-8-2-1-7-16(17)22-18(23)9-4-10-21-12-24/h1-3,5-8,12H,4,9-11H2,(H,21,24). The topological polar surface area (TPSA) is 46.9 Å². The molecule has 0 fully saturated rings. The van der Waals surface area contributed by atoms with Gasteiger partial charge in [-0.15, -0.1) is 0 Å². The quantitative estimate of drug-likeness (QED) is 0.526. The van der Waals surface area contributed by atoms with Crippen LogP contribution in [0.3, 0.4) is 0 Å². The van der Waals surface area contributed by atoms with E-state index in [9.17, 15) is 9.18 Å². The summed E-state index contributed by atoms with van der Waals surface area (Å²) in [5.41, 5.74) is 2.26. The van der Waals surface area contributed by atoms with E-state index in [0.29, 0.717) is 36.5 Å². The number of imidazole rings is 1. The number of halogens is 2. The first-order valence-corrected chi connectivity index (χ1v) is 8.12. The van der Waals surface area contributed by atoms with Crippen molar-refractivity contribution < 1.29 is 9.18 Å². The molecule has 0 spiro atoms. The highest BCUT2D eigenvalue weighted by molar-refractivity contribution is 6.31. The number of hydrogen-bond donors (Lipinski definition) is 1. The Bertz CT molecular complexity index is 842. The normalized spacial score (nSPS) is 10.9. The van der Waals surface area contributed by atoms with Crippen LogP contribution in [0.4, 0.5) is 4.39 Å². The molecule has 0 aliphatic carbocycles. The first kappa shape index (κ1) is 16.5. The van der Waals surface area contributed by atoms with Gasteiger partial charge in [-0.05, 0) is 30.7 Å². The van der Waals surface area contributed by atoms with E-state index in [2.05, 4.69) is 10.3 Å². The van der Waals surface area contributed by atoms with Gasteiger partial charge in [-0.2, -0.15) is 0 Å². The number of aromatic nitrogens is 2. The summed E-state index contributed by atoms with van der Waals surface area (Å²) in [6.45, 7) is 0.898. The molecule has 0 unspecified atom stereocenters. The highest BCUT2D eigenvalue weighted by atomic mass is 35.5. The third-order valence-electron chi connectivity index (χ3n) is 3.92. The van der Waals surface area contributed by atoms with Crippen molar-refractivity contribution in [1.82, 2.24) is 14.9 Å². The zero-order chi connectivity index (χ0) is 16.9. The lowest BCUT2D eigenvalue weighted by Crippen LogP contribution is -2.14. The number of carbonyl (C=O) groups excluding carboxylic acids is 1. The van der Waals surface area contributed by atoms with Gasteiger partial charge >= 0.3 is 0 Å². The van der Waals surface area contributed by atoms with Crippen LogP contribution < -0.4 is 5.32 Å². The Morgan fingerprint density at radius 1 is 1.21 bits per heavy atom. The first-order valence-electron chi connectivity index (χ1n) is 7.75. The van der Waals surface area contributed by atoms with Gasteiger partial charge in [0.15, 0.2) is 0 Å². The smallest absolute Gasteiger partial charge is 0.207 e. The second-order valence-electron chi connectivity index (χ2n) is 5.48. The predicted molar refractivity (Wildman–Crippen MR) is 92.6 cm³/mol. The second-order valence-corrected chi connectivity index (χ2v) is 5.89. The minimum absolute atomic E-state index is 0.322. The molecule has 0 saturated carbocycles. The third kappa shape index (κ3) is 3.41. The molecule has 3 aromatic rings. The average molecular weight is 346 g/mol. The van der Waals surface area contributed by atoms with Gasteiger partial charge in [-0.25, -0.2) is 9.37 Å². The molecular weight excluding hydrogens is 329 g/mol. The van der Waals surface area contributed by atoms with Crippen LogP contribution in [0.5, 0.6) is 0 Å². The van der Waals surface area contributed by atoms with Gasteiger partial charge < -0.3 is 9.88 Å². The number of hydrogen-bond acceptors (Lipinski definition) is 2. The number of fused-ring (bicyclic) bond motifs is 1. The summed E-state index contributed by atoms with van der Waals surface area (Å²) >= 11 is 6.17. The predicted octanol–water partition coefficient (Wildman–Crippen LogP) is 3.56. The third-order valence-corrected chi connectivity index (χ3v) is 4.27. The fourth-order valence-corrected chi connectivity index (χ4v) is 2.96. The van der Waals surface area contributed by atoms with E-state index in [1.54, 1.807) is 12.1 Å². The fraction of sp³-hybridized carbons (Fsp3) is 0.222. The van der Waals surface area contributed by atoms with Crippen molar-refractivity contribution in [2.75, 3.05) is 6.54 Å². The molecule has 3 rings (SSSR count). The minimum Gasteiger partial charge on any atom is -0.359 e. The summed E-state index contributed by atoms with van der Waals surface area (Å²) in [6, 6.07) is 12.4. The van der Waals surface area contributed by atoms with E-state index >= 15 is 0 Å². The zero-order valence-electron chi connectivity index (χ0n) is 13.0. The Kier molecular flexibility index (Phi) is 5.11. The van der Waals surface area contributed by atoms with Gasteiger partial charge in [0, 0.05) is 23.6 Å². The van der Waals surface area contributed by atoms with Gasteiger partial charge in [0.25, 0.3) is 0 Å². The van der Waals surface area contributed by atoms with Crippen LogP contribution in [0, 0.1) is 5.82 Å². The van der Waals surface area contributed by atoms with Crippen LogP contribution in [-0.2, 0) is 17.8 Å². The number of amides is 1. The molecule has 0 aliphatic rings. The van der Waals surface area contributed by atoms with E-state index in [0.717, 1.165) is 23.3 Å². The SMILES string of the molecule is O=CNCCCc1nc2ccccc2n1Cc1c(F)cccc1Cl. The lowest BCUT2D eigenvalue weighted by Gasteiger charge is -2.11. The van der Waals surface area contributed by atoms with Gasteiger partial charge in [0.1, 0.15) is 11.6 Å². The molecular formula is C18H17ClFN3O. The van der Waals surface area contributed by atoms with Gasteiger partial charge in [0.05, 0.1) is 17.6 Å². The van der Waals surface area contributed by atoms with Crippen LogP contribution in [-0.4, -0.2) is 22.5 Å². The summed E-state index contributed by atoms with van der Waals surface area (Å²) in [7, 11) is 0. The fourth-order valence-electron chi connectivity index (χ4n) is 2.74. The number of nitrogens with one attached hydrogen (secondary N) is 1. The largest absolute Gasteiger partial charge is 0.359 e. The summed E-state index contributed by atoms with van der Waals surface area (Å²) in [5.74, 6) is 0.525. The molecule has 2 aromatic carbocycles. The molecule has 1 aromatic heterocycles. The molecule has 0 atom stereocenters. The Labute approximate surface area is 144 Å². The summed E-state index contributed by atoms with van der Waals surface area (Å²) in [4.78, 5) is 15.0. The van der Waals surface area contributed by atoms with E-state index < -0.39 is 0 Å². The Morgan fingerprint density at radius 3 is 2.83 bits per heavy atom. The van der Waals surface area contributed by atoms with E-state index in [1.807, 2.05) is 28.8 Å². The molecule has 124 valence electrons. The molecule has 0 bridgehead atoms. The highest BCUT2D eigenvalue weighted by Crippen LogP contribution is 2.24. The monoisotopic (exact) mass is 345 g/mol. The maximum Gasteiger partial charge on any atom is 0.207 e. The molecule has 24 heavy (non-hydrogen) atoms. The lowest BCUT2D eigenvalue weighted by atomic mass is 10.2. The number of aryl methyl sites for hydroxylation is 1. The number of benzene rings is 2. The molecule has 0 saturated heterocycles. The maximum absolute atomic E-state index is 14.2. The minimum atomic E-state index is -0.325. The van der Waals surface area contributed by atoms with E-state index in [1.165, 1.54) is 6.07 Å². The molecule has 0 aliphatic heterocycles.